The van der Waals surface area contributed by atoms with E-state index in [0.717, 1.165) is 30.5 Å². The predicted octanol–water partition coefficient (Wildman–Crippen LogP) is 2.58. The van der Waals surface area contributed by atoms with E-state index in [1.54, 1.807) is 6.07 Å². The summed E-state index contributed by atoms with van der Waals surface area (Å²) in [6, 6.07) is 15.8. The molecule has 32 heavy (non-hydrogen) atoms. The van der Waals surface area contributed by atoms with Crippen LogP contribution in [0.2, 0.25) is 0 Å². The number of aromatic nitrogens is 2. The number of benzene rings is 2. The molecule has 1 aromatic heterocycles. The Morgan fingerprint density at radius 1 is 1.00 bits per heavy atom. The first-order chi connectivity index (χ1) is 15.6. The zero-order valence-electron chi connectivity index (χ0n) is 17.2. The van der Waals surface area contributed by atoms with Gasteiger partial charge in [0.25, 0.3) is 11.1 Å². The molecule has 1 aliphatic rings. The molecule has 3 aromatic rings. The SMILES string of the molecule is O=C(NCc1nnc(SCC(=O)N2CCN(c3ccccc3)CC2)o1)c1ccccc1F. The number of rotatable bonds is 7. The quantitative estimate of drug-likeness (QED) is 0.548. The second-order valence-electron chi connectivity index (χ2n) is 7.12. The Hall–Kier alpha value is -3.40. The van der Waals surface area contributed by atoms with E-state index >= 15 is 0 Å². The van der Waals surface area contributed by atoms with E-state index in [2.05, 4.69) is 32.5 Å². The van der Waals surface area contributed by atoms with Gasteiger partial charge in [0.2, 0.25) is 11.8 Å². The first-order valence-electron chi connectivity index (χ1n) is 10.2. The zero-order chi connectivity index (χ0) is 22.3. The van der Waals surface area contributed by atoms with Crippen molar-refractivity contribution in [3.8, 4) is 0 Å². The number of piperazine rings is 1. The van der Waals surface area contributed by atoms with Gasteiger partial charge in [0, 0.05) is 31.9 Å². The number of anilines is 1. The minimum atomic E-state index is -0.602. The summed E-state index contributed by atoms with van der Waals surface area (Å²) in [6.07, 6.45) is 0. The molecule has 0 unspecified atom stereocenters. The molecular formula is C22H22FN5O3S. The van der Waals surface area contributed by atoms with Crippen molar-refractivity contribution in [3.63, 3.8) is 0 Å². The average Bonchev–Trinajstić information content (AvgIpc) is 3.30. The maximum absolute atomic E-state index is 13.7. The van der Waals surface area contributed by atoms with Gasteiger partial charge in [0.15, 0.2) is 0 Å². The normalized spacial score (nSPS) is 13.8. The molecule has 0 atom stereocenters. The summed E-state index contributed by atoms with van der Waals surface area (Å²) in [5.41, 5.74) is 1.11. The minimum Gasteiger partial charge on any atom is -0.414 e. The molecule has 0 radical (unpaired) electrons. The highest BCUT2D eigenvalue weighted by atomic mass is 32.2. The lowest BCUT2D eigenvalue weighted by Crippen LogP contribution is -2.49. The summed E-state index contributed by atoms with van der Waals surface area (Å²) in [7, 11) is 0. The lowest BCUT2D eigenvalue weighted by molar-refractivity contribution is -0.128. The van der Waals surface area contributed by atoms with Crippen LogP contribution in [0, 0.1) is 5.82 Å². The number of para-hydroxylation sites is 1. The van der Waals surface area contributed by atoms with E-state index < -0.39 is 11.7 Å². The molecule has 4 rings (SSSR count). The van der Waals surface area contributed by atoms with Gasteiger partial charge in [-0.1, -0.05) is 42.1 Å². The van der Waals surface area contributed by atoms with Crippen LogP contribution in [0.15, 0.2) is 64.2 Å². The molecule has 1 N–H and O–H groups in total. The molecule has 0 spiro atoms. The van der Waals surface area contributed by atoms with Crippen LogP contribution >= 0.6 is 11.8 Å². The monoisotopic (exact) mass is 455 g/mol. The van der Waals surface area contributed by atoms with Gasteiger partial charge in [-0.25, -0.2) is 4.39 Å². The third kappa shape index (κ3) is 5.44. The third-order valence-corrected chi connectivity index (χ3v) is 5.84. The average molecular weight is 456 g/mol. The van der Waals surface area contributed by atoms with Crippen LogP contribution in [0.5, 0.6) is 0 Å². The lowest BCUT2D eigenvalue weighted by atomic mass is 10.2. The Kier molecular flexibility index (Phi) is 7.00. The summed E-state index contributed by atoms with van der Waals surface area (Å²) >= 11 is 1.16. The fourth-order valence-electron chi connectivity index (χ4n) is 3.33. The van der Waals surface area contributed by atoms with Gasteiger partial charge >= 0.3 is 0 Å². The molecule has 0 bridgehead atoms. The molecule has 2 heterocycles. The molecule has 8 nitrogen and oxygen atoms in total. The summed E-state index contributed by atoms with van der Waals surface area (Å²) in [5, 5.41) is 10.5. The van der Waals surface area contributed by atoms with Crippen LogP contribution in [0.4, 0.5) is 10.1 Å². The number of hydrogen-bond donors (Lipinski definition) is 1. The molecule has 2 amide bonds. The summed E-state index contributed by atoms with van der Waals surface area (Å²) < 4.78 is 19.1. The highest BCUT2D eigenvalue weighted by Gasteiger charge is 2.22. The molecule has 10 heteroatoms. The van der Waals surface area contributed by atoms with Gasteiger partial charge in [-0.05, 0) is 24.3 Å². The van der Waals surface area contributed by atoms with Gasteiger partial charge in [0.1, 0.15) is 5.82 Å². The topological polar surface area (TPSA) is 91.6 Å². The van der Waals surface area contributed by atoms with E-state index in [1.807, 2.05) is 23.1 Å². The van der Waals surface area contributed by atoms with Crippen molar-refractivity contribution in [3.05, 3.63) is 71.9 Å². The zero-order valence-corrected chi connectivity index (χ0v) is 18.1. The van der Waals surface area contributed by atoms with Gasteiger partial charge in [-0.3, -0.25) is 9.59 Å². The first-order valence-corrected chi connectivity index (χ1v) is 11.1. The molecule has 166 valence electrons. The van der Waals surface area contributed by atoms with Gasteiger partial charge < -0.3 is 19.5 Å². The van der Waals surface area contributed by atoms with Crippen molar-refractivity contribution in [2.45, 2.75) is 11.8 Å². The van der Waals surface area contributed by atoms with E-state index in [0.29, 0.717) is 13.1 Å². The molecule has 1 saturated heterocycles. The Bertz CT molecular complexity index is 1070. The largest absolute Gasteiger partial charge is 0.414 e. The Morgan fingerprint density at radius 3 is 2.47 bits per heavy atom. The van der Waals surface area contributed by atoms with E-state index in [4.69, 9.17) is 4.42 Å². The Balaban J connectivity index is 1.21. The van der Waals surface area contributed by atoms with Crippen molar-refractivity contribution in [1.82, 2.24) is 20.4 Å². The van der Waals surface area contributed by atoms with E-state index in [-0.39, 0.29) is 34.9 Å². The van der Waals surface area contributed by atoms with Crippen molar-refractivity contribution in [1.29, 1.82) is 0 Å². The number of carbonyl (C=O) groups is 2. The number of carbonyl (C=O) groups excluding carboxylic acids is 2. The number of nitrogens with one attached hydrogen (secondary N) is 1. The van der Waals surface area contributed by atoms with Crippen LogP contribution in [0.1, 0.15) is 16.2 Å². The smallest absolute Gasteiger partial charge is 0.277 e. The fraction of sp³-hybridized carbons (Fsp3) is 0.273. The molecule has 0 aliphatic carbocycles. The maximum atomic E-state index is 13.7. The minimum absolute atomic E-state index is 0.00955. The summed E-state index contributed by atoms with van der Waals surface area (Å²) in [4.78, 5) is 28.7. The molecule has 0 saturated carbocycles. The van der Waals surface area contributed by atoms with Crippen LogP contribution in [-0.4, -0.2) is 58.8 Å². The third-order valence-electron chi connectivity index (χ3n) is 5.04. The molecule has 1 fully saturated rings. The van der Waals surface area contributed by atoms with Crippen molar-refractivity contribution in [2.24, 2.45) is 0 Å². The second-order valence-corrected chi connectivity index (χ2v) is 8.04. The van der Waals surface area contributed by atoms with E-state index in [9.17, 15) is 14.0 Å². The summed E-state index contributed by atoms with van der Waals surface area (Å²) in [5.74, 6) is -0.791. The lowest BCUT2D eigenvalue weighted by Gasteiger charge is -2.36. The van der Waals surface area contributed by atoms with Crippen LogP contribution in [0.25, 0.3) is 0 Å². The predicted molar refractivity (Wildman–Crippen MR) is 118 cm³/mol. The fourth-order valence-corrected chi connectivity index (χ4v) is 4.02. The highest BCUT2D eigenvalue weighted by molar-refractivity contribution is 7.99. The highest BCUT2D eigenvalue weighted by Crippen LogP contribution is 2.19. The Labute approximate surface area is 188 Å². The molecule has 2 aromatic carbocycles. The number of hydrogen-bond acceptors (Lipinski definition) is 7. The van der Waals surface area contributed by atoms with Crippen molar-refractivity contribution >= 4 is 29.3 Å². The maximum Gasteiger partial charge on any atom is 0.277 e. The summed E-state index contributed by atoms with van der Waals surface area (Å²) in [6.45, 7) is 2.85. The van der Waals surface area contributed by atoms with E-state index in [1.165, 1.54) is 18.2 Å². The number of thioether (sulfide) groups is 1. The number of halogens is 1. The number of nitrogens with zero attached hydrogens (tertiary/aromatic N) is 4. The Morgan fingerprint density at radius 2 is 1.72 bits per heavy atom. The molecular weight excluding hydrogens is 433 g/mol. The number of amides is 2. The second kappa shape index (κ2) is 10.3. The van der Waals surface area contributed by atoms with Crippen molar-refractivity contribution in [2.75, 3.05) is 36.8 Å². The first kappa shape index (κ1) is 21.8. The van der Waals surface area contributed by atoms with Crippen LogP contribution in [0.3, 0.4) is 0 Å². The van der Waals surface area contributed by atoms with Gasteiger partial charge in [-0.2, -0.15) is 0 Å². The van der Waals surface area contributed by atoms with Gasteiger partial charge in [0.05, 0.1) is 17.9 Å². The van der Waals surface area contributed by atoms with Gasteiger partial charge in [-0.15, -0.1) is 10.2 Å². The standard InChI is InChI=1S/C22H22FN5O3S/c23-18-9-5-4-8-17(18)21(30)24-14-19-25-26-22(31-19)32-15-20(29)28-12-10-27(11-13-28)16-6-2-1-3-7-16/h1-9H,10-15H2,(H,24,30). The van der Waals surface area contributed by atoms with Crippen LogP contribution in [-0.2, 0) is 11.3 Å². The van der Waals surface area contributed by atoms with Crippen LogP contribution < -0.4 is 10.2 Å². The molecule has 1 aliphatic heterocycles. The van der Waals surface area contributed by atoms with Crippen molar-refractivity contribution < 1.29 is 18.4 Å².